The third-order valence-electron chi connectivity index (χ3n) is 4.97. The molecular weight excluding hydrogens is 367 g/mol. The predicted molar refractivity (Wildman–Crippen MR) is 105 cm³/mol. The second-order valence-electron chi connectivity index (χ2n) is 6.68. The summed E-state index contributed by atoms with van der Waals surface area (Å²) in [5.74, 6) is 0.0976. The van der Waals surface area contributed by atoms with Gasteiger partial charge in [0.2, 0.25) is 5.91 Å². The number of nitrogens with one attached hydrogen (secondary N) is 1. The molecule has 4 nitrogen and oxygen atoms in total. The first-order valence-corrected chi connectivity index (χ1v) is 9.54. The second kappa shape index (κ2) is 9.20. The summed E-state index contributed by atoms with van der Waals surface area (Å²) in [5.41, 5.74) is 1.28. The third kappa shape index (κ3) is 4.79. The monoisotopic (exact) mass is 390 g/mol. The molecule has 144 valence electrons. The van der Waals surface area contributed by atoms with Gasteiger partial charge in [-0.2, -0.15) is 0 Å². The Labute approximate surface area is 164 Å². The van der Waals surface area contributed by atoms with Crippen molar-refractivity contribution in [2.24, 2.45) is 0 Å². The second-order valence-corrected chi connectivity index (χ2v) is 7.09. The van der Waals surface area contributed by atoms with Crippen molar-refractivity contribution in [2.45, 2.75) is 25.3 Å². The number of methoxy groups -OCH3 is 1. The van der Waals surface area contributed by atoms with Crippen LogP contribution in [-0.4, -0.2) is 37.6 Å². The van der Waals surface area contributed by atoms with Crippen molar-refractivity contribution < 1.29 is 13.9 Å². The van der Waals surface area contributed by atoms with Gasteiger partial charge in [-0.3, -0.25) is 9.69 Å². The molecule has 0 aromatic heterocycles. The first kappa shape index (κ1) is 19.6. The summed E-state index contributed by atoms with van der Waals surface area (Å²) in [6.07, 6.45) is 2.21. The molecule has 1 saturated heterocycles. The fraction of sp³-hybridized carbons (Fsp3) is 0.381. The van der Waals surface area contributed by atoms with Gasteiger partial charge in [0.1, 0.15) is 11.6 Å². The highest BCUT2D eigenvalue weighted by Gasteiger charge is 2.26. The summed E-state index contributed by atoms with van der Waals surface area (Å²) in [7, 11) is 1.65. The number of hydrogen-bond acceptors (Lipinski definition) is 3. The Balaban J connectivity index is 1.72. The third-order valence-corrected chi connectivity index (χ3v) is 5.33. The first-order chi connectivity index (χ1) is 13.1. The zero-order valence-corrected chi connectivity index (χ0v) is 16.1. The van der Waals surface area contributed by atoms with E-state index in [2.05, 4.69) is 10.2 Å². The lowest BCUT2D eigenvalue weighted by Gasteiger charge is -2.29. The summed E-state index contributed by atoms with van der Waals surface area (Å²) in [5, 5.41) is 3.22. The molecule has 2 aromatic rings. The highest BCUT2D eigenvalue weighted by Crippen LogP contribution is 2.31. The van der Waals surface area contributed by atoms with Crippen LogP contribution in [0, 0.1) is 5.82 Å². The highest BCUT2D eigenvalue weighted by molar-refractivity contribution is 6.31. The molecule has 1 aliphatic heterocycles. The number of rotatable bonds is 7. The number of nitrogens with zero attached hydrogens (tertiary/aromatic N) is 1. The number of likely N-dealkylation sites (tertiary alicyclic amines) is 1. The molecule has 1 heterocycles. The van der Waals surface area contributed by atoms with Crippen molar-refractivity contribution in [2.75, 3.05) is 26.7 Å². The Hall–Kier alpha value is -2.11. The van der Waals surface area contributed by atoms with E-state index >= 15 is 0 Å². The molecule has 1 atom stereocenters. The standard InChI is InChI=1S/C21H24ClFN2O2/c1-27-20-10-3-2-7-15(20)19(25-11-4-5-12-25)14-24-21(26)13-16-17(22)8-6-9-18(16)23/h2-3,6-10,19H,4-5,11-14H2,1H3,(H,24,26)/t19-/m1/s1. The number of halogens is 2. The summed E-state index contributed by atoms with van der Waals surface area (Å²) >= 11 is 6.03. The molecule has 0 spiro atoms. The van der Waals surface area contributed by atoms with Gasteiger partial charge in [0.25, 0.3) is 0 Å². The van der Waals surface area contributed by atoms with Gasteiger partial charge in [0.15, 0.2) is 0 Å². The maximum atomic E-state index is 13.9. The average Bonchev–Trinajstić information content (AvgIpc) is 3.20. The van der Waals surface area contributed by atoms with Gasteiger partial charge >= 0.3 is 0 Å². The number of ether oxygens (including phenoxy) is 1. The van der Waals surface area contributed by atoms with Crippen molar-refractivity contribution in [1.29, 1.82) is 0 Å². The molecule has 27 heavy (non-hydrogen) atoms. The van der Waals surface area contributed by atoms with E-state index in [-0.39, 0.29) is 29.0 Å². The number of benzene rings is 2. The normalized spacial score (nSPS) is 15.5. The van der Waals surface area contributed by atoms with Crippen LogP contribution in [0.25, 0.3) is 0 Å². The number of hydrogen-bond donors (Lipinski definition) is 1. The zero-order chi connectivity index (χ0) is 19.2. The molecule has 0 bridgehead atoms. The Morgan fingerprint density at radius 1 is 1.22 bits per heavy atom. The molecule has 1 aliphatic rings. The predicted octanol–water partition coefficient (Wildman–Crippen LogP) is 3.98. The van der Waals surface area contributed by atoms with E-state index in [1.165, 1.54) is 12.1 Å². The van der Waals surface area contributed by atoms with Crippen LogP contribution < -0.4 is 10.1 Å². The molecule has 6 heteroatoms. The van der Waals surface area contributed by atoms with Gasteiger partial charge in [0.05, 0.1) is 19.6 Å². The summed E-state index contributed by atoms with van der Waals surface area (Å²) in [4.78, 5) is 14.8. The van der Waals surface area contributed by atoms with E-state index < -0.39 is 5.82 Å². The van der Waals surface area contributed by atoms with Crippen LogP contribution in [0.3, 0.4) is 0 Å². The van der Waals surface area contributed by atoms with E-state index in [4.69, 9.17) is 16.3 Å². The SMILES string of the molecule is COc1ccccc1[C@@H](CNC(=O)Cc1c(F)cccc1Cl)N1CCCC1. The van der Waals surface area contributed by atoms with Crippen molar-refractivity contribution in [1.82, 2.24) is 10.2 Å². The Morgan fingerprint density at radius 3 is 2.67 bits per heavy atom. The highest BCUT2D eigenvalue weighted by atomic mass is 35.5. The Bertz CT molecular complexity index is 773. The van der Waals surface area contributed by atoms with E-state index in [1.54, 1.807) is 13.2 Å². The molecule has 1 N–H and O–H groups in total. The quantitative estimate of drug-likeness (QED) is 0.777. The average molecular weight is 391 g/mol. The number of para-hydroxylation sites is 1. The van der Waals surface area contributed by atoms with Gasteiger partial charge in [-0.15, -0.1) is 0 Å². The van der Waals surface area contributed by atoms with Crippen LogP contribution in [0.2, 0.25) is 5.02 Å². The number of amides is 1. The summed E-state index contributed by atoms with van der Waals surface area (Å²) in [6, 6.07) is 12.3. The lowest BCUT2D eigenvalue weighted by molar-refractivity contribution is -0.120. The van der Waals surface area contributed by atoms with E-state index in [9.17, 15) is 9.18 Å². The molecule has 0 aliphatic carbocycles. The van der Waals surface area contributed by atoms with E-state index in [0.29, 0.717) is 6.54 Å². The minimum absolute atomic E-state index is 0.0173. The Kier molecular flexibility index (Phi) is 6.69. The summed E-state index contributed by atoms with van der Waals surface area (Å²) in [6.45, 7) is 2.40. The molecule has 2 aromatic carbocycles. The van der Waals surface area contributed by atoms with Gasteiger partial charge in [-0.25, -0.2) is 4.39 Å². The lowest BCUT2D eigenvalue weighted by Crippen LogP contribution is -2.37. The Morgan fingerprint density at radius 2 is 1.96 bits per heavy atom. The molecule has 0 saturated carbocycles. The maximum Gasteiger partial charge on any atom is 0.224 e. The van der Waals surface area contributed by atoms with Crippen molar-refractivity contribution >= 4 is 17.5 Å². The van der Waals surface area contributed by atoms with E-state index in [0.717, 1.165) is 37.2 Å². The van der Waals surface area contributed by atoms with Crippen LogP contribution in [0.5, 0.6) is 5.75 Å². The number of carbonyl (C=O) groups is 1. The van der Waals surface area contributed by atoms with Crippen molar-refractivity contribution in [3.8, 4) is 5.75 Å². The maximum absolute atomic E-state index is 13.9. The molecule has 3 rings (SSSR count). The number of carbonyl (C=O) groups excluding carboxylic acids is 1. The van der Waals surface area contributed by atoms with Gasteiger partial charge < -0.3 is 10.1 Å². The molecular formula is C21H24ClFN2O2. The van der Waals surface area contributed by atoms with Gasteiger partial charge in [-0.1, -0.05) is 35.9 Å². The van der Waals surface area contributed by atoms with Gasteiger partial charge in [-0.05, 0) is 44.1 Å². The van der Waals surface area contributed by atoms with Gasteiger partial charge in [0, 0.05) is 22.7 Å². The van der Waals surface area contributed by atoms with Crippen LogP contribution in [0.15, 0.2) is 42.5 Å². The molecule has 1 fully saturated rings. The first-order valence-electron chi connectivity index (χ1n) is 9.16. The molecule has 0 unspecified atom stereocenters. The van der Waals surface area contributed by atoms with E-state index in [1.807, 2.05) is 24.3 Å². The zero-order valence-electron chi connectivity index (χ0n) is 15.4. The molecule has 1 amide bonds. The summed E-state index contributed by atoms with van der Waals surface area (Å²) < 4.78 is 19.4. The minimum Gasteiger partial charge on any atom is -0.496 e. The van der Waals surface area contributed by atoms with Crippen LogP contribution >= 0.6 is 11.6 Å². The lowest BCUT2D eigenvalue weighted by atomic mass is 10.0. The van der Waals surface area contributed by atoms with Crippen molar-refractivity contribution in [3.63, 3.8) is 0 Å². The van der Waals surface area contributed by atoms with Crippen molar-refractivity contribution in [3.05, 3.63) is 64.4 Å². The smallest absolute Gasteiger partial charge is 0.224 e. The van der Waals surface area contributed by atoms with Crippen LogP contribution in [0.4, 0.5) is 4.39 Å². The molecule has 0 radical (unpaired) electrons. The topological polar surface area (TPSA) is 41.6 Å². The van der Waals surface area contributed by atoms with Crippen LogP contribution in [0.1, 0.15) is 30.0 Å². The minimum atomic E-state index is -0.460. The fourth-order valence-electron chi connectivity index (χ4n) is 3.57. The largest absolute Gasteiger partial charge is 0.496 e. The van der Waals surface area contributed by atoms with Crippen LogP contribution in [-0.2, 0) is 11.2 Å². The fourth-order valence-corrected chi connectivity index (χ4v) is 3.80.